The number of anilines is 1. The summed E-state index contributed by atoms with van der Waals surface area (Å²) >= 11 is 0. The molecule has 0 spiro atoms. The Morgan fingerprint density at radius 3 is 2.76 bits per heavy atom. The van der Waals surface area contributed by atoms with Crippen LogP contribution in [0.2, 0.25) is 0 Å². The molecule has 6 heteroatoms. The fourth-order valence-electron chi connectivity index (χ4n) is 1.40. The summed E-state index contributed by atoms with van der Waals surface area (Å²) in [5.41, 5.74) is 0.287. The van der Waals surface area contributed by atoms with E-state index < -0.39 is 23.8 Å². The van der Waals surface area contributed by atoms with Crippen molar-refractivity contribution in [1.82, 2.24) is 5.32 Å². The molecule has 0 radical (unpaired) electrons. The molecule has 90 valence electrons. The number of nitrogens with one attached hydrogen (secondary N) is 2. The van der Waals surface area contributed by atoms with Gasteiger partial charge < -0.3 is 15.4 Å². The molecule has 0 saturated carbocycles. The van der Waals surface area contributed by atoms with Crippen LogP contribution in [0, 0.1) is 11.6 Å². The monoisotopic (exact) mass is 240 g/mol. The first-order valence-corrected chi connectivity index (χ1v) is 4.87. The highest BCUT2D eigenvalue weighted by Gasteiger charge is 2.27. The smallest absolute Gasteiger partial charge is 0.257 e. The minimum Gasteiger partial charge on any atom is -0.362 e. The Bertz CT molecular complexity index is 488. The Morgan fingerprint density at radius 1 is 1.47 bits per heavy atom. The van der Waals surface area contributed by atoms with Gasteiger partial charge in [0.2, 0.25) is 0 Å². The van der Waals surface area contributed by atoms with Crippen LogP contribution in [0.3, 0.4) is 0 Å². The average Bonchev–Trinajstić information content (AvgIpc) is 2.21. The zero-order valence-corrected chi connectivity index (χ0v) is 8.96. The van der Waals surface area contributed by atoms with E-state index in [0.29, 0.717) is 11.6 Å². The molecule has 2 rings (SSSR count). The van der Waals surface area contributed by atoms with Gasteiger partial charge in [-0.25, -0.2) is 8.78 Å². The second-order valence-electron chi connectivity index (χ2n) is 3.46. The third-order valence-corrected chi connectivity index (χ3v) is 2.35. The summed E-state index contributed by atoms with van der Waals surface area (Å²) < 4.78 is 30.8. The van der Waals surface area contributed by atoms with Crippen LogP contribution in [-0.4, -0.2) is 19.2 Å². The third-order valence-electron chi connectivity index (χ3n) is 2.35. The van der Waals surface area contributed by atoms with E-state index in [9.17, 15) is 13.6 Å². The van der Waals surface area contributed by atoms with Crippen molar-refractivity contribution in [3.8, 4) is 0 Å². The quantitative estimate of drug-likeness (QED) is 0.838. The molecule has 1 heterocycles. The fraction of sp³-hybridized carbons (Fsp3) is 0.182. The summed E-state index contributed by atoms with van der Waals surface area (Å²) in [7, 11) is 1.44. The summed E-state index contributed by atoms with van der Waals surface area (Å²) in [5.74, 6) is -2.00. The number of ether oxygens (including phenoxy) is 1. The van der Waals surface area contributed by atoms with E-state index in [1.54, 1.807) is 0 Å². The van der Waals surface area contributed by atoms with E-state index in [-0.39, 0.29) is 5.69 Å². The van der Waals surface area contributed by atoms with Crippen molar-refractivity contribution >= 4 is 11.6 Å². The van der Waals surface area contributed by atoms with Gasteiger partial charge in [0.25, 0.3) is 5.91 Å². The molecule has 1 aromatic carbocycles. The largest absolute Gasteiger partial charge is 0.362 e. The SMILES string of the molecule is COC1NC=C1C(=O)Nc1ccc(F)cc1F. The minimum atomic E-state index is -0.819. The van der Waals surface area contributed by atoms with Crippen LogP contribution in [0.15, 0.2) is 30.0 Å². The van der Waals surface area contributed by atoms with E-state index in [2.05, 4.69) is 10.6 Å². The molecule has 4 nitrogen and oxygen atoms in total. The Labute approximate surface area is 96.3 Å². The van der Waals surface area contributed by atoms with Gasteiger partial charge in [-0.05, 0) is 12.1 Å². The normalized spacial score (nSPS) is 17.8. The molecule has 0 aromatic heterocycles. The number of halogens is 2. The highest BCUT2D eigenvalue weighted by Crippen LogP contribution is 2.18. The van der Waals surface area contributed by atoms with Gasteiger partial charge in [0.1, 0.15) is 11.6 Å². The van der Waals surface area contributed by atoms with Crippen LogP contribution in [-0.2, 0) is 9.53 Å². The van der Waals surface area contributed by atoms with Crippen molar-refractivity contribution in [2.75, 3.05) is 12.4 Å². The highest BCUT2D eigenvalue weighted by atomic mass is 19.1. The minimum absolute atomic E-state index is 0.0703. The molecular weight excluding hydrogens is 230 g/mol. The van der Waals surface area contributed by atoms with Gasteiger partial charge in [-0.2, -0.15) is 0 Å². The van der Waals surface area contributed by atoms with Crippen LogP contribution in [0.25, 0.3) is 0 Å². The van der Waals surface area contributed by atoms with Gasteiger partial charge in [0.15, 0.2) is 6.23 Å². The van der Waals surface area contributed by atoms with Gasteiger partial charge >= 0.3 is 0 Å². The molecule has 0 bridgehead atoms. The highest BCUT2D eigenvalue weighted by molar-refractivity contribution is 6.05. The molecule has 1 amide bonds. The van der Waals surface area contributed by atoms with Crippen LogP contribution >= 0.6 is 0 Å². The number of hydrogen-bond donors (Lipinski definition) is 2. The lowest BCUT2D eigenvalue weighted by molar-refractivity contribution is -0.114. The molecule has 0 aliphatic carbocycles. The number of carbonyl (C=O) groups excluding carboxylic acids is 1. The molecule has 1 aromatic rings. The lowest BCUT2D eigenvalue weighted by atomic mass is 10.1. The van der Waals surface area contributed by atoms with Crippen LogP contribution in [0.1, 0.15) is 0 Å². The number of benzene rings is 1. The molecule has 2 N–H and O–H groups in total. The summed E-state index contributed by atoms with van der Waals surface area (Å²) in [6.45, 7) is 0. The lowest BCUT2D eigenvalue weighted by Gasteiger charge is -2.26. The zero-order chi connectivity index (χ0) is 12.4. The van der Waals surface area contributed by atoms with Gasteiger partial charge in [-0.15, -0.1) is 0 Å². The van der Waals surface area contributed by atoms with Crippen molar-refractivity contribution in [3.05, 3.63) is 41.6 Å². The maximum atomic E-state index is 13.3. The lowest BCUT2D eigenvalue weighted by Crippen LogP contribution is -2.43. The molecule has 1 aliphatic rings. The Kier molecular flexibility index (Phi) is 3.06. The van der Waals surface area contributed by atoms with Gasteiger partial charge in [0, 0.05) is 19.4 Å². The summed E-state index contributed by atoms with van der Waals surface area (Å²) in [6.07, 6.45) is 0.976. The first kappa shape index (κ1) is 11.5. The fourth-order valence-corrected chi connectivity index (χ4v) is 1.40. The third kappa shape index (κ3) is 2.26. The van der Waals surface area contributed by atoms with E-state index in [0.717, 1.165) is 12.1 Å². The van der Waals surface area contributed by atoms with Crippen LogP contribution < -0.4 is 10.6 Å². The predicted octanol–water partition coefficient (Wildman–Crippen LogP) is 1.36. The number of carbonyl (C=O) groups is 1. The van der Waals surface area contributed by atoms with Crippen molar-refractivity contribution < 1.29 is 18.3 Å². The van der Waals surface area contributed by atoms with Crippen molar-refractivity contribution in [1.29, 1.82) is 0 Å². The molecule has 0 fully saturated rings. The van der Waals surface area contributed by atoms with E-state index in [1.165, 1.54) is 13.3 Å². The molecule has 1 atom stereocenters. The topological polar surface area (TPSA) is 50.4 Å². The Hall–Kier alpha value is -1.95. The van der Waals surface area contributed by atoms with E-state index in [1.807, 2.05) is 0 Å². The average molecular weight is 240 g/mol. The second kappa shape index (κ2) is 4.50. The predicted molar refractivity (Wildman–Crippen MR) is 57.0 cm³/mol. The van der Waals surface area contributed by atoms with Crippen LogP contribution in [0.5, 0.6) is 0 Å². The molecule has 1 aliphatic heterocycles. The summed E-state index contributed by atoms with van der Waals surface area (Å²) in [4.78, 5) is 11.6. The first-order chi connectivity index (χ1) is 8.11. The molecule has 17 heavy (non-hydrogen) atoms. The van der Waals surface area contributed by atoms with E-state index in [4.69, 9.17) is 4.74 Å². The molecular formula is C11H10F2N2O2. The maximum Gasteiger partial charge on any atom is 0.257 e. The maximum absolute atomic E-state index is 13.3. The standard InChI is InChI=1S/C11H10F2N2O2/c1-17-11-7(5-14-11)10(16)15-9-3-2-6(12)4-8(9)13/h2-5,11,14H,1H3,(H,15,16). The van der Waals surface area contributed by atoms with Crippen molar-refractivity contribution in [2.45, 2.75) is 6.23 Å². The molecule has 0 saturated heterocycles. The second-order valence-corrected chi connectivity index (χ2v) is 3.46. The van der Waals surface area contributed by atoms with Crippen molar-refractivity contribution in [3.63, 3.8) is 0 Å². The Morgan fingerprint density at radius 2 is 2.24 bits per heavy atom. The van der Waals surface area contributed by atoms with Gasteiger partial charge in [-0.1, -0.05) is 0 Å². The Balaban J connectivity index is 2.09. The van der Waals surface area contributed by atoms with Crippen LogP contribution in [0.4, 0.5) is 14.5 Å². The van der Waals surface area contributed by atoms with E-state index >= 15 is 0 Å². The van der Waals surface area contributed by atoms with Gasteiger partial charge in [-0.3, -0.25) is 4.79 Å². The summed E-state index contributed by atoms with van der Waals surface area (Å²) in [5, 5.41) is 5.07. The van der Waals surface area contributed by atoms with Crippen molar-refractivity contribution in [2.24, 2.45) is 0 Å². The number of methoxy groups -OCH3 is 1. The zero-order valence-electron chi connectivity index (χ0n) is 8.96. The first-order valence-electron chi connectivity index (χ1n) is 4.87. The summed E-state index contributed by atoms with van der Waals surface area (Å²) in [6, 6.07) is 2.94. The number of hydrogen-bond acceptors (Lipinski definition) is 3. The number of rotatable bonds is 3. The number of amides is 1. The van der Waals surface area contributed by atoms with Gasteiger partial charge in [0.05, 0.1) is 11.3 Å². The molecule has 1 unspecified atom stereocenters.